The Morgan fingerprint density at radius 2 is 2.10 bits per heavy atom. The van der Waals surface area contributed by atoms with Crippen LogP contribution in [0.5, 0.6) is 0 Å². The predicted molar refractivity (Wildman–Crippen MR) is 78.5 cm³/mol. The third-order valence-corrected chi connectivity index (χ3v) is 3.17. The fourth-order valence-corrected chi connectivity index (χ4v) is 1.97. The Morgan fingerprint density at radius 3 is 2.65 bits per heavy atom. The summed E-state index contributed by atoms with van der Waals surface area (Å²) in [6.45, 7) is 6.26. The van der Waals surface area contributed by atoms with Gasteiger partial charge >= 0.3 is 0 Å². The molecule has 1 aromatic rings. The van der Waals surface area contributed by atoms with Crippen LogP contribution in [-0.2, 0) is 0 Å². The first kappa shape index (κ1) is 16.0. The van der Waals surface area contributed by atoms with Crippen molar-refractivity contribution in [3.63, 3.8) is 0 Å². The molecular weight excluding hydrogens is 254 g/mol. The van der Waals surface area contributed by atoms with E-state index in [9.17, 15) is 9.59 Å². The number of ketones is 1. The number of hydrogen-bond acceptors (Lipinski definition) is 4. The maximum absolute atomic E-state index is 12.1. The smallest absolute Gasteiger partial charge is 0.287 e. The van der Waals surface area contributed by atoms with E-state index in [4.69, 9.17) is 5.26 Å². The van der Waals surface area contributed by atoms with Gasteiger partial charge in [0.2, 0.25) is 0 Å². The van der Waals surface area contributed by atoms with E-state index in [0.29, 0.717) is 24.1 Å². The van der Waals surface area contributed by atoms with Crippen LogP contribution in [0.3, 0.4) is 0 Å². The third kappa shape index (κ3) is 3.47. The van der Waals surface area contributed by atoms with Crippen LogP contribution >= 0.6 is 0 Å². The number of nitriles is 1. The van der Waals surface area contributed by atoms with Crippen LogP contribution in [0.15, 0.2) is 11.0 Å². The van der Waals surface area contributed by atoms with E-state index in [2.05, 4.69) is 12.3 Å². The molecule has 0 aliphatic rings. The van der Waals surface area contributed by atoms with Crippen molar-refractivity contribution in [3.8, 4) is 6.07 Å². The molecule has 108 valence electrons. The van der Waals surface area contributed by atoms with Crippen LogP contribution in [-0.4, -0.2) is 17.0 Å². The topological polar surface area (TPSA) is 74.9 Å². The standard InChI is InChI=1S/C15H21N3O2/c1-4-6-8-17-18-10-13(14(19)7-5-2)11(3)12(9-16)15(18)20/h10,17H,4-8H2,1-3H3. The van der Waals surface area contributed by atoms with Crippen molar-refractivity contribution in [2.75, 3.05) is 12.0 Å². The molecule has 0 radical (unpaired) electrons. The molecule has 0 atom stereocenters. The van der Waals surface area contributed by atoms with E-state index in [0.717, 1.165) is 19.3 Å². The van der Waals surface area contributed by atoms with Gasteiger partial charge in [-0.2, -0.15) is 5.26 Å². The van der Waals surface area contributed by atoms with E-state index < -0.39 is 5.56 Å². The lowest BCUT2D eigenvalue weighted by molar-refractivity contribution is 0.0980. The molecule has 1 rings (SSSR count). The number of pyridine rings is 1. The Bertz CT molecular complexity index is 582. The van der Waals surface area contributed by atoms with Gasteiger partial charge < -0.3 is 5.43 Å². The molecule has 0 bridgehead atoms. The Morgan fingerprint density at radius 1 is 1.40 bits per heavy atom. The highest BCUT2D eigenvalue weighted by Gasteiger charge is 2.16. The molecule has 0 unspecified atom stereocenters. The number of carbonyl (C=O) groups excluding carboxylic acids is 1. The number of nitrogens with zero attached hydrogens (tertiary/aromatic N) is 2. The van der Waals surface area contributed by atoms with Crippen LogP contribution in [0.4, 0.5) is 0 Å². The van der Waals surface area contributed by atoms with Gasteiger partial charge in [0.1, 0.15) is 11.6 Å². The summed E-state index contributed by atoms with van der Waals surface area (Å²) in [5, 5.41) is 9.13. The van der Waals surface area contributed by atoms with Crippen molar-refractivity contribution < 1.29 is 4.79 Å². The van der Waals surface area contributed by atoms with Gasteiger partial charge in [0.15, 0.2) is 5.78 Å². The van der Waals surface area contributed by atoms with Crippen molar-refractivity contribution in [1.82, 2.24) is 4.68 Å². The number of rotatable bonds is 7. The van der Waals surface area contributed by atoms with Gasteiger partial charge in [-0.25, -0.2) is 4.68 Å². The molecular formula is C15H21N3O2. The molecule has 0 aliphatic heterocycles. The second-order valence-electron chi connectivity index (χ2n) is 4.76. The first-order chi connectivity index (χ1) is 9.56. The second kappa shape index (κ2) is 7.49. The molecule has 0 aliphatic carbocycles. The Kier molecular flexibility index (Phi) is 5.98. The minimum absolute atomic E-state index is 0.0347. The summed E-state index contributed by atoms with van der Waals surface area (Å²) in [6.07, 6.45) is 4.59. The van der Waals surface area contributed by atoms with E-state index in [1.165, 1.54) is 10.9 Å². The lowest BCUT2D eigenvalue weighted by Crippen LogP contribution is -2.33. The Labute approximate surface area is 119 Å². The van der Waals surface area contributed by atoms with Gasteiger partial charge in [-0.3, -0.25) is 9.59 Å². The number of Topliss-reactive ketones (excluding diaryl/α,β-unsaturated/α-hetero) is 1. The van der Waals surface area contributed by atoms with Crippen molar-refractivity contribution in [1.29, 1.82) is 5.26 Å². The summed E-state index contributed by atoms with van der Waals surface area (Å²) in [5.74, 6) is -0.0347. The van der Waals surface area contributed by atoms with E-state index >= 15 is 0 Å². The average Bonchev–Trinajstić information content (AvgIpc) is 2.42. The summed E-state index contributed by atoms with van der Waals surface area (Å²) in [4.78, 5) is 24.2. The molecule has 20 heavy (non-hydrogen) atoms. The molecule has 0 amide bonds. The summed E-state index contributed by atoms with van der Waals surface area (Å²) >= 11 is 0. The highest BCUT2D eigenvalue weighted by atomic mass is 16.1. The van der Waals surface area contributed by atoms with Crippen molar-refractivity contribution in [2.45, 2.75) is 46.5 Å². The zero-order chi connectivity index (χ0) is 15.1. The molecule has 0 fully saturated rings. The quantitative estimate of drug-likeness (QED) is 0.612. The number of nitrogens with one attached hydrogen (secondary N) is 1. The monoisotopic (exact) mass is 275 g/mol. The largest absolute Gasteiger partial charge is 0.323 e. The number of unbranched alkanes of at least 4 members (excludes halogenated alkanes) is 1. The highest BCUT2D eigenvalue weighted by Crippen LogP contribution is 2.12. The van der Waals surface area contributed by atoms with Crippen LogP contribution in [0.1, 0.15) is 61.0 Å². The molecule has 1 N–H and O–H groups in total. The molecule has 0 saturated heterocycles. The van der Waals surface area contributed by atoms with Crippen LogP contribution in [0.25, 0.3) is 0 Å². The summed E-state index contributed by atoms with van der Waals surface area (Å²) in [6, 6.07) is 1.91. The van der Waals surface area contributed by atoms with Gasteiger partial charge in [-0.15, -0.1) is 0 Å². The molecule has 0 saturated carbocycles. The van der Waals surface area contributed by atoms with Crippen molar-refractivity contribution in [2.24, 2.45) is 0 Å². The fraction of sp³-hybridized carbons (Fsp3) is 0.533. The van der Waals surface area contributed by atoms with Crippen molar-refractivity contribution in [3.05, 3.63) is 33.2 Å². The predicted octanol–water partition coefficient (Wildman–Crippen LogP) is 2.35. The summed E-state index contributed by atoms with van der Waals surface area (Å²) in [7, 11) is 0. The summed E-state index contributed by atoms with van der Waals surface area (Å²) in [5.41, 5.74) is 3.52. The first-order valence-corrected chi connectivity index (χ1v) is 7.00. The van der Waals surface area contributed by atoms with Crippen LogP contribution in [0, 0.1) is 18.3 Å². The Hall–Kier alpha value is -2.09. The number of carbonyl (C=O) groups is 1. The minimum atomic E-state index is -0.394. The third-order valence-electron chi connectivity index (χ3n) is 3.17. The molecule has 5 nitrogen and oxygen atoms in total. The van der Waals surface area contributed by atoms with E-state index in [1.54, 1.807) is 6.92 Å². The maximum Gasteiger partial charge on any atom is 0.287 e. The fourth-order valence-electron chi connectivity index (χ4n) is 1.97. The average molecular weight is 275 g/mol. The number of aromatic nitrogens is 1. The van der Waals surface area contributed by atoms with Gasteiger partial charge in [0.05, 0.1) is 0 Å². The van der Waals surface area contributed by atoms with E-state index in [-0.39, 0.29) is 11.3 Å². The van der Waals surface area contributed by atoms with Crippen LogP contribution in [0.2, 0.25) is 0 Å². The molecule has 1 heterocycles. The zero-order valence-corrected chi connectivity index (χ0v) is 12.3. The second-order valence-corrected chi connectivity index (χ2v) is 4.76. The molecule has 0 spiro atoms. The molecule has 0 aromatic carbocycles. The van der Waals surface area contributed by atoms with E-state index in [1.807, 2.05) is 13.0 Å². The molecule has 1 aromatic heterocycles. The van der Waals surface area contributed by atoms with Gasteiger partial charge in [0, 0.05) is 24.7 Å². The minimum Gasteiger partial charge on any atom is -0.323 e. The maximum atomic E-state index is 12.1. The zero-order valence-electron chi connectivity index (χ0n) is 12.3. The van der Waals surface area contributed by atoms with Crippen LogP contribution < -0.4 is 11.0 Å². The van der Waals surface area contributed by atoms with Gasteiger partial charge in [0.25, 0.3) is 5.56 Å². The van der Waals surface area contributed by atoms with Gasteiger partial charge in [-0.05, 0) is 25.3 Å². The highest BCUT2D eigenvalue weighted by molar-refractivity contribution is 5.97. The normalized spacial score (nSPS) is 10.1. The lowest BCUT2D eigenvalue weighted by Gasteiger charge is -2.13. The Balaban J connectivity index is 3.25. The van der Waals surface area contributed by atoms with Crippen molar-refractivity contribution >= 4 is 5.78 Å². The summed E-state index contributed by atoms with van der Waals surface area (Å²) < 4.78 is 1.27. The number of hydrogen-bond donors (Lipinski definition) is 1. The molecule has 5 heteroatoms. The SMILES string of the molecule is CCCCNn1cc(C(=O)CCC)c(C)c(C#N)c1=O. The van der Waals surface area contributed by atoms with Gasteiger partial charge in [-0.1, -0.05) is 20.3 Å². The first-order valence-electron chi connectivity index (χ1n) is 7.00. The lowest BCUT2D eigenvalue weighted by atomic mass is 10.0.